The maximum absolute atomic E-state index is 12.2. The molecule has 0 radical (unpaired) electrons. The van der Waals surface area contributed by atoms with Crippen molar-refractivity contribution < 1.29 is 19.1 Å². The Morgan fingerprint density at radius 1 is 0.967 bits per heavy atom. The van der Waals surface area contributed by atoms with Crippen LogP contribution in [0.4, 0.5) is 0 Å². The minimum Gasteiger partial charge on any atom is -0.497 e. The van der Waals surface area contributed by atoms with Crippen LogP contribution >= 0.6 is 23.2 Å². The Morgan fingerprint density at radius 3 is 2.43 bits per heavy atom. The Bertz CT molecular complexity index is 1100. The van der Waals surface area contributed by atoms with Gasteiger partial charge in [-0.1, -0.05) is 29.3 Å². The van der Waals surface area contributed by atoms with Crippen molar-refractivity contribution in [3.8, 4) is 11.5 Å². The SMILES string of the molecule is COc1cccc(C(=O)NN=Cc2ccc(OC(=O)c3ccc(Cl)cc3Cl)cc2)c1. The lowest BCUT2D eigenvalue weighted by atomic mass is 10.2. The summed E-state index contributed by atoms with van der Waals surface area (Å²) in [4.78, 5) is 24.3. The summed E-state index contributed by atoms with van der Waals surface area (Å²) in [5.41, 5.74) is 3.78. The molecule has 6 nitrogen and oxygen atoms in total. The Kier molecular flexibility index (Phi) is 7.06. The molecule has 30 heavy (non-hydrogen) atoms. The monoisotopic (exact) mass is 442 g/mol. The Hall–Kier alpha value is -3.35. The van der Waals surface area contributed by atoms with Crippen LogP contribution in [0.15, 0.2) is 71.8 Å². The number of nitrogens with zero attached hydrogens (tertiary/aromatic N) is 1. The van der Waals surface area contributed by atoms with E-state index < -0.39 is 5.97 Å². The fraction of sp³-hybridized carbons (Fsp3) is 0.0455. The van der Waals surface area contributed by atoms with Gasteiger partial charge in [-0.2, -0.15) is 5.10 Å². The van der Waals surface area contributed by atoms with Crippen molar-refractivity contribution in [3.05, 3.63) is 93.5 Å². The lowest BCUT2D eigenvalue weighted by molar-refractivity contribution is 0.0734. The lowest BCUT2D eigenvalue weighted by Crippen LogP contribution is -2.17. The third-order valence-electron chi connectivity index (χ3n) is 3.95. The zero-order valence-electron chi connectivity index (χ0n) is 15.8. The first-order chi connectivity index (χ1) is 14.5. The number of hydrogen-bond donors (Lipinski definition) is 1. The van der Waals surface area contributed by atoms with Gasteiger partial charge in [0.1, 0.15) is 11.5 Å². The van der Waals surface area contributed by atoms with Crippen LogP contribution in [0.3, 0.4) is 0 Å². The van der Waals surface area contributed by atoms with Crippen LogP contribution in [-0.2, 0) is 0 Å². The van der Waals surface area contributed by atoms with E-state index in [0.29, 0.717) is 27.6 Å². The molecule has 3 rings (SSSR count). The second-order valence-electron chi connectivity index (χ2n) is 6.01. The van der Waals surface area contributed by atoms with E-state index in [2.05, 4.69) is 10.5 Å². The quantitative estimate of drug-likeness (QED) is 0.252. The largest absolute Gasteiger partial charge is 0.497 e. The van der Waals surface area contributed by atoms with Gasteiger partial charge >= 0.3 is 5.97 Å². The van der Waals surface area contributed by atoms with Gasteiger partial charge in [-0.3, -0.25) is 4.79 Å². The normalized spacial score (nSPS) is 10.6. The maximum Gasteiger partial charge on any atom is 0.345 e. The molecule has 152 valence electrons. The van der Waals surface area contributed by atoms with Crippen molar-refractivity contribution in [2.24, 2.45) is 5.10 Å². The molecule has 0 aliphatic heterocycles. The van der Waals surface area contributed by atoms with Gasteiger partial charge in [-0.15, -0.1) is 0 Å². The van der Waals surface area contributed by atoms with Gasteiger partial charge < -0.3 is 9.47 Å². The van der Waals surface area contributed by atoms with Gasteiger partial charge in [-0.05, 0) is 66.2 Å². The van der Waals surface area contributed by atoms with Crippen molar-refractivity contribution in [2.75, 3.05) is 7.11 Å². The van der Waals surface area contributed by atoms with Crippen LogP contribution in [0.25, 0.3) is 0 Å². The van der Waals surface area contributed by atoms with Gasteiger partial charge in [0.2, 0.25) is 0 Å². The molecule has 0 saturated heterocycles. The highest BCUT2D eigenvalue weighted by Crippen LogP contribution is 2.23. The number of benzene rings is 3. The number of hydrazone groups is 1. The molecule has 1 N–H and O–H groups in total. The van der Waals surface area contributed by atoms with E-state index in [1.54, 1.807) is 54.6 Å². The number of amides is 1. The number of carbonyl (C=O) groups is 2. The van der Waals surface area contributed by atoms with E-state index in [9.17, 15) is 9.59 Å². The summed E-state index contributed by atoms with van der Waals surface area (Å²) in [7, 11) is 1.53. The molecule has 0 atom stereocenters. The summed E-state index contributed by atoms with van der Waals surface area (Å²) in [6.45, 7) is 0. The van der Waals surface area contributed by atoms with Crippen molar-refractivity contribution in [1.82, 2.24) is 5.43 Å². The van der Waals surface area contributed by atoms with Gasteiger partial charge in [0.15, 0.2) is 0 Å². The highest BCUT2D eigenvalue weighted by atomic mass is 35.5. The summed E-state index contributed by atoms with van der Waals surface area (Å²) in [5.74, 6) is -0.0422. The standard InChI is InChI=1S/C22H16Cl2N2O4/c1-29-18-4-2-3-15(11-18)21(27)26-25-13-14-5-8-17(9-6-14)30-22(28)19-10-7-16(23)12-20(19)24/h2-13H,1H3,(H,26,27). The van der Waals surface area contributed by atoms with Crippen LogP contribution in [-0.4, -0.2) is 25.2 Å². The highest BCUT2D eigenvalue weighted by Gasteiger charge is 2.13. The Morgan fingerprint density at radius 2 is 1.73 bits per heavy atom. The molecule has 0 aliphatic carbocycles. The molecule has 1 amide bonds. The number of carbonyl (C=O) groups excluding carboxylic acids is 2. The average molecular weight is 443 g/mol. The molecule has 0 aliphatic rings. The first-order valence-corrected chi connectivity index (χ1v) is 9.46. The molecular weight excluding hydrogens is 427 g/mol. The first-order valence-electron chi connectivity index (χ1n) is 8.71. The van der Waals surface area contributed by atoms with Gasteiger partial charge in [-0.25, -0.2) is 10.2 Å². The van der Waals surface area contributed by atoms with E-state index >= 15 is 0 Å². The summed E-state index contributed by atoms with van der Waals surface area (Å²) < 4.78 is 10.4. The summed E-state index contributed by atoms with van der Waals surface area (Å²) in [6.07, 6.45) is 1.47. The molecule has 0 unspecified atom stereocenters. The number of rotatable bonds is 6. The van der Waals surface area contributed by atoms with Crippen molar-refractivity contribution in [1.29, 1.82) is 0 Å². The molecule has 3 aromatic carbocycles. The average Bonchev–Trinajstić information content (AvgIpc) is 2.74. The van der Waals surface area contributed by atoms with Crippen molar-refractivity contribution in [3.63, 3.8) is 0 Å². The Balaban J connectivity index is 1.58. The van der Waals surface area contributed by atoms with E-state index in [4.69, 9.17) is 32.7 Å². The second kappa shape index (κ2) is 9.91. The topological polar surface area (TPSA) is 77.0 Å². The molecular formula is C22H16Cl2N2O4. The third kappa shape index (κ3) is 5.59. The minimum atomic E-state index is -0.594. The van der Waals surface area contributed by atoms with Crippen LogP contribution < -0.4 is 14.9 Å². The molecule has 0 fully saturated rings. The minimum absolute atomic E-state index is 0.211. The predicted octanol–water partition coefficient (Wildman–Crippen LogP) is 4.99. The van der Waals surface area contributed by atoms with Crippen LogP contribution in [0.5, 0.6) is 11.5 Å². The van der Waals surface area contributed by atoms with Crippen molar-refractivity contribution in [2.45, 2.75) is 0 Å². The summed E-state index contributed by atoms with van der Waals surface area (Å²) >= 11 is 11.8. The first kappa shape index (κ1) is 21.4. The predicted molar refractivity (Wildman–Crippen MR) is 116 cm³/mol. The smallest absolute Gasteiger partial charge is 0.345 e. The molecule has 3 aromatic rings. The van der Waals surface area contributed by atoms with Gasteiger partial charge in [0.25, 0.3) is 5.91 Å². The van der Waals surface area contributed by atoms with Gasteiger partial charge in [0, 0.05) is 10.6 Å². The van der Waals surface area contributed by atoms with Gasteiger partial charge in [0.05, 0.1) is 23.9 Å². The second-order valence-corrected chi connectivity index (χ2v) is 6.86. The fourth-order valence-corrected chi connectivity index (χ4v) is 2.92. The van der Waals surface area contributed by atoms with E-state index in [0.717, 1.165) is 0 Å². The van der Waals surface area contributed by atoms with Crippen LogP contribution in [0.1, 0.15) is 26.3 Å². The zero-order valence-corrected chi connectivity index (χ0v) is 17.3. The number of esters is 1. The van der Waals surface area contributed by atoms with Crippen molar-refractivity contribution >= 4 is 41.3 Å². The molecule has 0 saturated carbocycles. The number of nitrogens with one attached hydrogen (secondary N) is 1. The van der Waals surface area contributed by atoms with Crippen LogP contribution in [0, 0.1) is 0 Å². The number of halogens is 2. The number of hydrogen-bond acceptors (Lipinski definition) is 5. The Labute approximate surface area is 183 Å². The van der Waals surface area contributed by atoms with E-state index in [-0.39, 0.29) is 16.5 Å². The van der Waals surface area contributed by atoms with E-state index in [1.165, 1.54) is 25.5 Å². The molecule has 8 heteroatoms. The molecule has 0 bridgehead atoms. The van der Waals surface area contributed by atoms with Crippen LogP contribution in [0.2, 0.25) is 10.0 Å². The molecule has 0 heterocycles. The lowest BCUT2D eigenvalue weighted by Gasteiger charge is -2.06. The maximum atomic E-state index is 12.2. The summed E-state index contributed by atoms with van der Waals surface area (Å²) in [5, 5.41) is 4.57. The van der Waals surface area contributed by atoms with E-state index in [1.807, 2.05) is 0 Å². The fourth-order valence-electron chi connectivity index (χ4n) is 2.43. The third-order valence-corrected chi connectivity index (χ3v) is 4.50. The molecule has 0 spiro atoms. The molecule has 0 aromatic heterocycles. The number of methoxy groups -OCH3 is 1. The highest BCUT2D eigenvalue weighted by molar-refractivity contribution is 6.36. The summed E-state index contributed by atoms with van der Waals surface area (Å²) in [6, 6.07) is 17.8. The number of ether oxygens (including phenoxy) is 2. The zero-order chi connectivity index (χ0) is 21.5.